The standard InChI is InChI=1S/C18H17FN6OS/c19-12-3-1-6-21-14(12)18(4-2-5-18)10-25-17-23-7-11(8-24-17)16-22-9-13(27-16)15(20)26/h1,3,6-9H,2,4-5,10H2,(H2,20,26)(H,23,24,25). The fourth-order valence-corrected chi connectivity index (χ4v) is 3.92. The molecule has 1 aliphatic carbocycles. The smallest absolute Gasteiger partial charge is 0.260 e. The van der Waals surface area contributed by atoms with Crippen LogP contribution in [0.25, 0.3) is 10.6 Å². The van der Waals surface area contributed by atoms with Gasteiger partial charge in [0.2, 0.25) is 5.95 Å². The second-order valence-electron chi connectivity index (χ2n) is 6.51. The summed E-state index contributed by atoms with van der Waals surface area (Å²) in [6.45, 7) is 0.517. The highest BCUT2D eigenvalue weighted by molar-refractivity contribution is 7.16. The van der Waals surface area contributed by atoms with E-state index in [-0.39, 0.29) is 11.2 Å². The van der Waals surface area contributed by atoms with E-state index in [1.165, 1.54) is 23.6 Å². The average molecular weight is 384 g/mol. The second-order valence-corrected chi connectivity index (χ2v) is 7.54. The van der Waals surface area contributed by atoms with Crippen LogP contribution in [-0.4, -0.2) is 32.4 Å². The summed E-state index contributed by atoms with van der Waals surface area (Å²) in [7, 11) is 0. The maximum Gasteiger partial charge on any atom is 0.260 e. The predicted molar refractivity (Wildman–Crippen MR) is 99.9 cm³/mol. The van der Waals surface area contributed by atoms with Crippen LogP contribution in [0.4, 0.5) is 10.3 Å². The normalized spacial score (nSPS) is 15.1. The van der Waals surface area contributed by atoms with Crippen LogP contribution in [0.1, 0.15) is 34.6 Å². The van der Waals surface area contributed by atoms with Gasteiger partial charge < -0.3 is 11.1 Å². The van der Waals surface area contributed by atoms with Crippen LogP contribution in [0.3, 0.4) is 0 Å². The third-order valence-electron chi connectivity index (χ3n) is 4.80. The molecule has 1 saturated carbocycles. The Morgan fingerprint density at radius 2 is 2.00 bits per heavy atom. The summed E-state index contributed by atoms with van der Waals surface area (Å²) in [5, 5.41) is 3.82. The van der Waals surface area contributed by atoms with E-state index in [1.807, 2.05) is 0 Å². The Labute approximate surface area is 158 Å². The lowest BCUT2D eigenvalue weighted by Crippen LogP contribution is -2.42. The zero-order chi connectivity index (χ0) is 18.9. The van der Waals surface area contributed by atoms with Crippen molar-refractivity contribution in [2.45, 2.75) is 24.7 Å². The van der Waals surface area contributed by atoms with Gasteiger partial charge in [0.1, 0.15) is 15.7 Å². The molecule has 9 heteroatoms. The molecule has 1 fully saturated rings. The fraction of sp³-hybridized carbons (Fsp3) is 0.278. The lowest BCUT2D eigenvalue weighted by Gasteiger charge is -2.41. The van der Waals surface area contributed by atoms with E-state index in [9.17, 15) is 9.18 Å². The lowest BCUT2D eigenvalue weighted by molar-refractivity contribution is 0.100. The van der Waals surface area contributed by atoms with Crippen molar-refractivity contribution in [2.24, 2.45) is 5.73 Å². The summed E-state index contributed by atoms with van der Waals surface area (Å²) < 4.78 is 14.2. The quantitative estimate of drug-likeness (QED) is 0.677. The number of primary amides is 1. The Balaban J connectivity index is 1.47. The third kappa shape index (κ3) is 3.37. The molecule has 27 heavy (non-hydrogen) atoms. The van der Waals surface area contributed by atoms with Crippen molar-refractivity contribution in [3.63, 3.8) is 0 Å². The molecule has 0 atom stereocenters. The number of halogens is 1. The number of anilines is 1. The number of carbonyl (C=O) groups is 1. The zero-order valence-electron chi connectivity index (χ0n) is 14.4. The highest BCUT2D eigenvalue weighted by atomic mass is 32.1. The van der Waals surface area contributed by atoms with Crippen molar-refractivity contribution in [2.75, 3.05) is 11.9 Å². The Bertz CT molecular complexity index is 970. The molecule has 0 unspecified atom stereocenters. The van der Waals surface area contributed by atoms with Gasteiger partial charge in [-0.3, -0.25) is 9.78 Å². The van der Waals surface area contributed by atoms with E-state index >= 15 is 0 Å². The number of pyridine rings is 1. The molecule has 3 N–H and O–H groups in total. The maximum atomic E-state index is 14.2. The number of nitrogens with zero attached hydrogens (tertiary/aromatic N) is 4. The number of hydrogen-bond donors (Lipinski definition) is 2. The topological polar surface area (TPSA) is 107 Å². The predicted octanol–water partition coefficient (Wildman–Crippen LogP) is 2.77. The van der Waals surface area contributed by atoms with Crippen LogP contribution in [0, 0.1) is 5.82 Å². The Hall–Kier alpha value is -2.94. The molecule has 0 spiro atoms. The number of hydrogen-bond acceptors (Lipinski definition) is 7. The van der Waals surface area contributed by atoms with Crippen molar-refractivity contribution in [1.29, 1.82) is 0 Å². The number of amides is 1. The number of aromatic nitrogens is 4. The van der Waals surface area contributed by atoms with Crippen molar-refractivity contribution in [3.05, 3.63) is 53.3 Å². The van der Waals surface area contributed by atoms with Gasteiger partial charge >= 0.3 is 0 Å². The van der Waals surface area contributed by atoms with E-state index in [0.717, 1.165) is 19.3 Å². The first-order valence-corrected chi connectivity index (χ1v) is 9.32. The summed E-state index contributed by atoms with van der Waals surface area (Å²) in [6, 6.07) is 3.05. The van der Waals surface area contributed by atoms with Crippen LogP contribution >= 0.6 is 11.3 Å². The first kappa shape index (κ1) is 17.5. The van der Waals surface area contributed by atoms with Crippen LogP contribution in [0.2, 0.25) is 0 Å². The first-order valence-electron chi connectivity index (χ1n) is 8.50. The molecule has 1 aliphatic rings. The molecular formula is C18H17FN6OS. The Morgan fingerprint density at radius 1 is 1.22 bits per heavy atom. The van der Waals surface area contributed by atoms with Crippen LogP contribution in [0.5, 0.6) is 0 Å². The number of nitrogens with two attached hydrogens (primary N) is 1. The van der Waals surface area contributed by atoms with Gasteiger partial charge in [-0.15, -0.1) is 11.3 Å². The number of thiazole rings is 1. The Morgan fingerprint density at radius 3 is 2.59 bits per heavy atom. The molecule has 0 saturated heterocycles. The molecule has 138 valence electrons. The SMILES string of the molecule is NC(=O)c1cnc(-c2cnc(NCC3(c4ncccc4F)CCC3)nc2)s1. The van der Waals surface area contributed by atoms with Gasteiger partial charge in [-0.25, -0.2) is 19.3 Å². The third-order valence-corrected chi connectivity index (χ3v) is 5.86. The van der Waals surface area contributed by atoms with Gasteiger partial charge in [-0.05, 0) is 25.0 Å². The fourth-order valence-electron chi connectivity index (χ4n) is 3.18. The van der Waals surface area contributed by atoms with E-state index in [0.29, 0.717) is 33.6 Å². The van der Waals surface area contributed by atoms with Crippen molar-refractivity contribution < 1.29 is 9.18 Å². The molecule has 0 aliphatic heterocycles. The lowest BCUT2D eigenvalue weighted by atomic mass is 9.66. The largest absolute Gasteiger partial charge is 0.365 e. The number of carbonyl (C=O) groups excluding carboxylic acids is 1. The minimum absolute atomic E-state index is 0.274. The molecule has 4 rings (SSSR count). The van der Waals surface area contributed by atoms with E-state index < -0.39 is 5.91 Å². The zero-order valence-corrected chi connectivity index (χ0v) is 15.2. The van der Waals surface area contributed by atoms with E-state index in [2.05, 4.69) is 25.3 Å². The highest BCUT2D eigenvalue weighted by Gasteiger charge is 2.41. The summed E-state index contributed by atoms with van der Waals surface area (Å²) in [4.78, 5) is 28.6. The molecule has 0 radical (unpaired) electrons. The van der Waals surface area contributed by atoms with Gasteiger partial charge in [0.25, 0.3) is 5.91 Å². The minimum atomic E-state index is -0.509. The molecule has 3 aromatic heterocycles. The summed E-state index contributed by atoms with van der Waals surface area (Å²) in [6.07, 6.45) is 9.13. The van der Waals surface area contributed by atoms with Crippen LogP contribution < -0.4 is 11.1 Å². The minimum Gasteiger partial charge on any atom is -0.365 e. The highest BCUT2D eigenvalue weighted by Crippen LogP contribution is 2.43. The van der Waals surface area contributed by atoms with Crippen LogP contribution in [-0.2, 0) is 5.41 Å². The molecular weight excluding hydrogens is 367 g/mol. The van der Waals surface area contributed by atoms with E-state index in [4.69, 9.17) is 5.73 Å². The van der Waals surface area contributed by atoms with Gasteiger partial charge in [-0.2, -0.15) is 0 Å². The van der Waals surface area contributed by atoms with Gasteiger partial charge in [0.15, 0.2) is 0 Å². The number of nitrogens with one attached hydrogen (secondary N) is 1. The molecule has 7 nitrogen and oxygen atoms in total. The average Bonchev–Trinajstić information content (AvgIpc) is 3.13. The summed E-state index contributed by atoms with van der Waals surface area (Å²) >= 11 is 1.19. The van der Waals surface area contributed by atoms with Gasteiger partial charge in [-0.1, -0.05) is 6.42 Å². The van der Waals surface area contributed by atoms with Crippen molar-refractivity contribution >= 4 is 23.2 Å². The second kappa shape index (κ2) is 6.99. The monoisotopic (exact) mass is 384 g/mol. The van der Waals surface area contributed by atoms with Crippen molar-refractivity contribution in [1.82, 2.24) is 19.9 Å². The Kier molecular flexibility index (Phi) is 4.53. The summed E-state index contributed by atoms with van der Waals surface area (Å²) in [5.74, 6) is -0.331. The van der Waals surface area contributed by atoms with Gasteiger partial charge in [0.05, 0.1) is 11.9 Å². The van der Waals surface area contributed by atoms with E-state index in [1.54, 1.807) is 24.7 Å². The maximum absolute atomic E-state index is 14.2. The molecule has 1 amide bonds. The molecule has 3 aromatic rings. The first-order chi connectivity index (χ1) is 13.1. The summed E-state index contributed by atoms with van der Waals surface area (Å²) in [5.41, 5.74) is 6.13. The van der Waals surface area contributed by atoms with Crippen LogP contribution in [0.15, 0.2) is 36.9 Å². The molecule has 0 aromatic carbocycles. The number of rotatable bonds is 6. The molecule has 3 heterocycles. The molecule has 0 bridgehead atoms. The van der Waals surface area contributed by atoms with Gasteiger partial charge in [0, 0.05) is 36.1 Å². The van der Waals surface area contributed by atoms with Crippen molar-refractivity contribution in [3.8, 4) is 10.6 Å².